The quantitative estimate of drug-likeness (QED) is 0.519. The summed E-state index contributed by atoms with van der Waals surface area (Å²) in [5.41, 5.74) is 0.134. The van der Waals surface area contributed by atoms with E-state index in [0.717, 1.165) is 4.47 Å². The predicted molar refractivity (Wildman–Crippen MR) is 105 cm³/mol. The molecule has 0 heterocycles. The molecule has 10 heteroatoms. The first kappa shape index (κ1) is 22.4. The Kier molecular flexibility index (Phi) is 8.66. The van der Waals surface area contributed by atoms with Crippen molar-refractivity contribution in [1.29, 1.82) is 0 Å². The van der Waals surface area contributed by atoms with Crippen LogP contribution in [0.1, 0.15) is 10.4 Å². The van der Waals surface area contributed by atoms with Crippen LogP contribution in [0.5, 0.6) is 17.2 Å². The number of carbonyl (C=O) groups is 2. The van der Waals surface area contributed by atoms with Crippen molar-refractivity contribution in [3.63, 3.8) is 0 Å². The highest BCUT2D eigenvalue weighted by Crippen LogP contribution is 2.29. The Morgan fingerprint density at radius 1 is 1.10 bits per heavy atom. The number of carbonyl (C=O) groups excluding carboxylic acids is 2. The lowest BCUT2D eigenvalue weighted by Crippen LogP contribution is -2.38. The third-order valence-electron chi connectivity index (χ3n) is 3.54. The molecule has 0 fully saturated rings. The van der Waals surface area contributed by atoms with Gasteiger partial charge >= 0.3 is 6.61 Å². The zero-order valence-electron chi connectivity index (χ0n) is 15.4. The highest BCUT2D eigenvalue weighted by atomic mass is 79.9. The minimum absolute atomic E-state index is 0.0212. The highest BCUT2D eigenvalue weighted by molar-refractivity contribution is 9.10. The number of hydrogen-bond donors (Lipinski definition) is 2. The van der Waals surface area contributed by atoms with Crippen LogP contribution in [-0.2, 0) is 4.79 Å². The zero-order chi connectivity index (χ0) is 21.2. The van der Waals surface area contributed by atoms with E-state index in [2.05, 4.69) is 31.3 Å². The zero-order valence-corrected chi connectivity index (χ0v) is 17.0. The van der Waals surface area contributed by atoms with E-state index in [1.807, 2.05) is 12.1 Å². The monoisotopic (exact) mass is 472 g/mol. The Hall–Kier alpha value is -2.88. The lowest BCUT2D eigenvalue weighted by Gasteiger charge is -2.12. The van der Waals surface area contributed by atoms with E-state index >= 15 is 0 Å². The van der Waals surface area contributed by atoms with Gasteiger partial charge in [0.05, 0.1) is 20.2 Å². The first-order valence-electron chi connectivity index (χ1n) is 8.45. The summed E-state index contributed by atoms with van der Waals surface area (Å²) in [7, 11) is 1.26. The Balaban J connectivity index is 1.75. The maximum Gasteiger partial charge on any atom is 0.387 e. The van der Waals surface area contributed by atoms with Gasteiger partial charge < -0.3 is 24.8 Å². The molecule has 2 aromatic rings. The molecular formula is C19H19BrF2N2O5. The first-order valence-corrected chi connectivity index (χ1v) is 9.24. The number of rotatable bonds is 10. The number of hydrogen-bond acceptors (Lipinski definition) is 5. The molecule has 0 saturated heterocycles. The Morgan fingerprint density at radius 3 is 2.59 bits per heavy atom. The number of nitrogens with one attached hydrogen (secondary N) is 2. The van der Waals surface area contributed by atoms with Crippen LogP contribution in [0.2, 0.25) is 0 Å². The molecule has 2 aromatic carbocycles. The first-order chi connectivity index (χ1) is 13.9. The molecular weight excluding hydrogens is 454 g/mol. The van der Waals surface area contributed by atoms with Gasteiger partial charge in [-0.05, 0) is 36.4 Å². The van der Waals surface area contributed by atoms with Gasteiger partial charge in [0, 0.05) is 10.0 Å². The Morgan fingerprint density at radius 2 is 1.90 bits per heavy atom. The van der Waals surface area contributed by atoms with Gasteiger partial charge in [0.1, 0.15) is 12.4 Å². The SMILES string of the molecule is COc1cc(C(=O)NCC(=O)NCCOc2cccc(Br)c2)ccc1OC(F)F. The van der Waals surface area contributed by atoms with E-state index < -0.39 is 18.4 Å². The summed E-state index contributed by atoms with van der Waals surface area (Å²) < 4.78 is 40.3. The molecule has 0 atom stereocenters. The van der Waals surface area contributed by atoms with Crippen LogP contribution in [0.3, 0.4) is 0 Å². The standard InChI is InChI=1S/C19H19BrF2N2O5/c1-27-16-9-12(5-6-15(16)29-19(21)22)18(26)24-11-17(25)23-7-8-28-14-4-2-3-13(20)10-14/h2-6,9-10,19H,7-8,11H2,1H3,(H,23,25)(H,24,26). The molecule has 29 heavy (non-hydrogen) atoms. The molecule has 7 nitrogen and oxygen atoms in total. The van der Waals surface area contributed by atoms with Gasteiger partial charge in [0.15, 0.2) is 11.5 Å². The summed E-state index contributed by atoms with van der Waals surface area (Å²) in [6.45, 7) is -2.75. The molecule has 2 N–H and O–H groups in total. The summed E-state index contributed by atoms with van der Waals surface area (Å²) in [6, 6.07) is 11.0. The number of ether oxygens (including phenoxy) is 3. The molecule has 0 bridgehead atoms. The molecule has 0 aliphatic heterocycles. The minimum Gasteiger partial charge on any atom is -0.493 e. The number of methoxy groups -OCH3 is 1. The second-order valence-electron chi connectivity index (χ2n) is 5.58. The molecule has 156 valence electrons. The maximum atomic E-state index is 12.3. The summed E-state index contributed by atoms with van der Waals surface area (Å²) in [4.78, 5) is 24.0. The Bertz CT molecular complexity index is 851. The van der Waals surface area contributed by atoms with Crippen LogP contribution in [-0.4, -0.2) is 45.2 Å². The average molecular weight is 473 g/mol. The molecule has 0 saturated carbocycles. The summed E-state index contributed by atoms with van der Waals surface area (Å²) in [5, 5.41) is 5.04. The van der Waals surface area contributed by atoms with Crippen LogP contribution in [0.15, 0.2) is 46.9 Å². The average Bonchev–Trinajstić information content (AvgIpc) is 2.69. The number of alkyl halides is 2. The summed E-state index contributed by atoms with van der Waals surface area (Å²) >= 11 is 3.33. The third kappa shape index (κ3) is 7.57. The molecule has 0 aliphatic carbocycles. The van der Waals surface area contributed by atoms with Crippen molar-refractivity contribution in [1.82, 2.24) is 10.6 Å². The minimum atomic E-state index is -3.01. The fraction of sp³-hybridized carbons (Fsp3) is 0.263. The van der Waals surface area contributed by atoms with Gasteiger partial charge in [-0.15, -0.1) is 0 Å². The second kappa shape index (κ2) is 11.2. The second-order valence-corrected chi connectivity index (χ2v) is 6.50. The van der Waals surface area contributed by atoms with Crippen LogP contribution < -0.4 is 24.8 Å². The number of benzene rings is 2. The van der Waals surface area contributed by atoms with E-state index in [0.29, 0.717) is 5.75 Å². The highest BCUT2D eigenvalue weighted by Gasteiger charge is 2.14. The Labute approximate surface area is 174 Å². The van der Waals surface area contributed by atoms with Crippen molar-refractivity contribution in [2.24, 2.45) is 0 Å². The van der Waals surface area contributed by atoms with Gasteiger partial charge in [0.25, 0.3) is 5.91 Å². The molecule has 2 rings (SSSR count). The van der Waals surface area contributed by atoms with Gasteiger partial charge in [-0.1, -0.05) is 22.0 Å². The van der Waals surface area contributed by atoms with E-state index in [4.69, 9.17) is 9.47 Å². The van der Waals surface area contributed by atoms with Crippen LogP contribution >= 0.6 is 15.9 Å². The lowest BCUT2D eigenvalue weighted by molar-refractivity contribution is -0.120. The molecule has 0 unspecified atom stereocenters. The van der Waals surface area contributed by atoms with Crippen molar-refractivity contribution in [2.45, 2.75) is 6.61 Å². The van der Waals surface area contributed by atoms with Crippen LogP contribution in [0.25, 0.3) is 0 Å². The fourth-order valence-electron chi connectivity index (χ4n) is 2.24. The van der Waals surface area contributed by atoms with E-state index in [1.54, 1.807) is 12.1 Å². The fourth-order valence-corrected chi connectivity index (χ4v) is 2.62. The smallest absolute Gasteiger partial charge is 0.387 e. The summed E-state index contributed by atoms with van der Waals surface area (Å²) in [6.07, 6.45) is 0. The molecule has 0 spiro atoms. The molecule has 0 aromatic heterocycles. The van der Waals surface area contributed by atoms with Crippen molar-refractivity contribution in [3.05, 3.63) is 52.5 Å². The largest absolute Gasteiger partial charge is 0.493 e. The number of amides is 2. The maximum absolute atomic E-state index is 12.3. The third-order valence-corrected chi connectivity index (χ3v) is 4.03. The lowest BCUT2D eigenvalue weighted by atomic mass is 10.2. The van der Waals surface area contributed by atoms with E-state index in [9.17, 15) is 18.4 Å². The summed E-state index contributed by atoms with van der Waals surface area (Å²) in [5.74, 6) is -0.516. The normalized spacial score (nSPS) is 10.4. The van der Waals surface area contributed by atoms with Crippen molar-refractivity contribution < 1.29 is 32.6 Å². The molecule has 0 aliphatic rings. The van der Waals surface area contributed by atoms with Gasteiger partial charge in [-0.25, -0.2) is 0 Å². The molecule has 0 radical (unpaired) electrons. The molecule has 2 amide bonds. The van der Waals surface area contributed by atoms with Gasteiger partial charge in [-0.3, -0.25) is 9.59 Å². The van der Waals surface area contributed by atoms with Crippen LogP contribution in [0.4, 0.5) is 8.78 Å². The van der Waals surface area contributed by atoms with E-state index in [-0.39, 0.29) is 36.8 Å². The van der Waals surface area contributed by atoms with Gasteiger partial charge in [0.2, 0.25) is 5.91 Å². The predicted octanol–water partition coefficient (Wildman–Crippen LogP) is 2.98. The number of halogens is 3. The van der Waals surface area contributed by atoms with E-state index in [1.165, 1.54) is 25.3 Å². The van der Waals surface area contributed by atoms with Crippen LogP contribution in [0, 0.1) is 0 Å². The topological polar surface area (TPSA) is 85.9 Å². The van der Waals surface area contributed by atoms with Crippen molar-refractivity contribution in [3.8, 4) is 17.2 Å². The van der Waals surface area contributed by atoms with Gasteiger partial charge in [-0.2, -0.15) is 8.78 Å². The van der Waals surface area contributed by atoms with Crippen molar-refractivity contribution in [2.75, 3.05) is 26.8 Å². The van der Waals surface area contributed by atoms with Crippen molar-refractivity contribution >= 4 is 27.7 Å².